The van der Waals surface area contributed by atoms with E-state index in [1.54, 1.807) is 43.3 Å². The van der Waals surface area contributed by atoms with Crippen LogP contribution >= 0.6 is 0 Å². The fourth-order valence-electron chi connectivity index (χ4n) is 2.81. The molecule has 0 spiro atoms. The Hall–Kier alpha value is -3.66. The molecule has 4 nitrogen and oxygen atoms in total. The molecule has 3 aromatic carbocycles. The van der Waals surface area contributed by atoms with Crippen molar-refractivity contribution in [2.24, 2.45) is 0 Å². The standard InChI is InChI=1S/C25H22O4/c1-3-28-22-13-9-19(10-14-22)11-16-24(26)29-23-15-12-21(17-18(23)2)25(27)20-7-5-4-6-8-20/h4-17H,3H2,1-2H3/b16-11+. The second-order valence-electron chi connectivity index (χ2n) is 6.43. The molecule has 29 heavy (non-hydrogen) atoms. The van der Waals surface area contributed by atoms with Crippen LogP contribution in [0.1, 0.15) is 34.0 Å². The summed E-state index contributed by atoms with van der Waals surface area (Å²) in [5, 5.41) is 0. The van der Waals surface area contributed by atoms with Crippen LogP contribution in [0.15, 0.2) is 78.9 Å². The molecule has 0 heterocycles. The van der Waals surface area contributed by atoms with Gasteiger partial charge in [0.25, 0.3) is 0 Å². The minimum atomic E-state index is -0.482. The van der Waals surface area contributed by atoms with Gasteiger partial charge in [0, 0.05) is 17.2 Å². The molecule has 4 heteroatoms. The van der Waals surface area contributed by atoms with Crippen molar-refractivity contribution in [3.8, 4) is 11.5 Å². The van der Waals surface area contributed by atoms with E-state index in [0.717, 1.165) is 16.9 Å². The summed E-state index contributed by atoms with van der Waals surface area (Å²) >= 11 is 0. The molecule has 0 aliphatic heterocycles. The molecule has 0 radical (unpaired) electrons. The number of hydrogen-bond donors (Lipinski definition) is 0. The normalized spacial score (nSPS) is 10.7. The number of carbonyl (C=O) groups excluding carboxylic acids is 2. The van der Waals surface area contributed by atoms with Gasteiger partial charge in [-0.05, 0) is 61.4 Å². The van der Waals surface area contributed by atoms with E-state index < -0.39 is 5.97 Å². The molecule has 0 saturated carbocycles. The van der Waals surface area contributed by atoms with Crippen LogP contribution in [0.3, 0.4) is 0 Å². The third-order valence-corrected chi connectivity index (χ3v) is 4.29. The maximum absolute atomic E-state index is 12.5. The van der Waals surface area contributed by atoms with Crippen molar-refractivity contribution >= 4 is 17.8 Å². The molecular weight excluding hydrogens is 364 g/mol. The molecule has 0 saturated heterocycles. The van der Waals surface area contributed by atoms with Crippen molar-refractivity contribution in [3.63, 3.8) is 0 Å². The van der Waals surface area contributed by atoms with Gasteiger partial charge in [0.05, 0.1) is 6.61 Å². The van der Waals surface area contributed by atoms with Crippen molar-refractivity contribution in [1.29, 1.82) is 0 Å². The first-order chi connectivity index (χ1) is 14.1. The summed E-state index contributed by atoms with van der Waals surface area (Å²) in [5.41, 5.74) is 2.76. The number of esters is 1. The van der Waals surface area contributed by atoms with Crippen molar-refractivity contribution in [1.82, 2.24) is 0 Å². The van der Waals surface area contributed by atoms with E-state index >= 15 is 0 Å². The molecule has 0 aliphatic carbocycles. The van der Waals surface area contributed by atoms with Gasteiger partial charge in [0.2, 0.25) is 0 Å². The number of benzene rings is 3. The van der Waals surface area contributed by atoms with E-state index in [4.69, 9.17) is 9.47 Å². The van der Waals surface area contributed by atoms with Gasteiger partial charge in [-0.2, -0.15) is 0 Å². The summed E-state index contributed by atoms with van der Waals surface area (Å²) < 4.78 is 10.8. The molecule has 3 rings (SSSR count). The van der Waals surface area contributed by atoms with Gasteiger partial charge in [-0.15, -0.1) is 0 Å². The monoisotopic (exact) mass is 386 g/mol. The number of ketones is 1. The van der Waals surface area contributed by atoms with Gasteiger partial charge in [-0.3, -0.25) is 4.79 Å². The number of rotatable bonds is 7. The van der Waals surface area contributed by atoms with Crippen LogP contribution in [0.25, 0.3) is 6.08 Å². The lowest BCUT2D eigenvalue weighted by Gasteiger charge is -2.08. The van der Waals surface area contributed by atoms with Crippen molar-refractivity contribution in [2.75, 3.05) is 6.61 Å². The zero-order valence-corrected chi connectivity index (χ0v) is 16.4. The smallest absolute Gasteiger partial charge is 0.336 e. The van der Waals surface area contributed by atoms with Crippen LogP contribution in [0.2, 0.25) is 0 Å². The second kappa shape index (κ2) is 9.51. The first-order valence-corrected chi connectivity index (χ1v) is 9.40. The number of ether oxygens (including phenoxy) is 2. The SMILES string of the molecule is CCOc1ccc(/C=C/C(=O)Oc2ccc(C(=O)c3ccccc3)cc2C)cc1. The molecule has 0 fully saturated rings. The maximum atomic E-state index is 12.5. The second-order valence-corrected chi connectivity index (χ2v) is 6.43. The Kier molecular flexibility index (Phi) is 6.59. The Balaban J connectivity index is 1.65. The van der Waals surface area contributed by atoms with E-state index in [0.29, 0.717) is 23.5 Å². The van der Waals surface area contributed by atoms with Gasteiger partial charge < -0.3 is 9.47 Å². The Morgan fingerprint density at radius 1 is 0.897 bits per heavy atom. The molecule has 3 aromatic rings. The van der Waals surface area contributed by atoms with Crippen LogP contribution in [0.5, 0.6) is 11.5 Å². The molecular formula is C25H22O4. The first-order valence-electron chi connectivity index (χ1n) is 9.40. The molecule has 0 atom stereocenters. The zero-order valence-electron chi connectivity index (χ0n) is 16.4. The predicted octanol–water partition coefficient (Wildman–Crippen LogP) is 5.24. The molecule has 0 bridgehead atoms. The Labute approximate surface area is 170 Å². The van der Waals surface area contributed by atoms with Crippen LogP contribution in [-0.2, 0) is 4.79 Å². The minimum Gasteiger partial charge on any atom is -0.494 e. The molecule has 0 N–H and O–H groups in total. The Morgan fingerprint density at radius 2 is 1.62 bits per heavy atom. The highest BCUT2D eigenvalue weighted by atomic mass is 16.5. The van der Waals surface area contributed by atoms with E-state index in [1.807, 2.05) is 49.4 Å². The quantitative estimate of drug-likeness (QED) is 0.241. The van der Waals surface area contributed by atoms with Gasteiger partial charge in [0.1, 0.15) is 11.5 Å². The largest absolute Gasteiger partial charge is 0.494 e. The lowest BCUT2D eigenvalue weighted by molar-refractivity contribution is -0.128. The fraction of sp³-hybridized carbons (Fsp3) is 0.120. The van der Waals surface area contributed by atoms with E-state index in [2.05, 4.69) is 0 Å². The summed E-state index contributed by atoms with van der Waals surface area (Å²) in [5.74, 6) is 0.662. The van der Waals surface area contributed by atoms with Crippen LogP contribution < -0.4 is 9.47 Å². The zero-order chi connectivity index (χ0) is 20.6. The van der Waals surface area contributed by atoms with Crippen molar-refractivity contribution in [2.45, 2.75) is 13.8 Å². The summed E-state index contributed by atoms with van der Waals surface area (Å²) in [6.45, 7) is 4.34. The summed E-state index contributed by atoms with van der Waals surface area (Å²) in [6.07, 6.45) is 3.05. The summed E-state index contributed by atoms with van der Waals surface area (Å²) in [4.78, 5) is 24.7. The average molecular weight is 386 g/mol. The van der Waals surface area contributed by atoms with Gasteiger partial charge >= 0.3 is 5.97 Å². The third kappa shape index (κ3) is 5.42. The fourth-order valence-corrected chi connectivity index (χ4v) is 2.81. The lowest BCUT2D eigenvalue weighted by Crippen LogP contribution is -2.06. The minimum absolute atomic E-state index is 0.0676. The van der Waals surface area contributed by atoms with Crippen molar-refractivity contribution in [3.05, 3.63) is 101 Å². The van der Waals surface area contributed by atoms with Gasteiger partial charge in [-0.1, -0.05) is 42.5 Å². The Bertz CT molecular complexity index is 1020. The van der Waals surface area contributed by atoms with E-state index in [9.17, 15) is 9.59 Å². The first kappa shape index (κ1) is 20.1. The Morgan fingerprint density at radius 3 is 2.28 bits per heavy atom. The van der Waals surface area contributed by atoms with Crippen LogP contribution in [0, 0.1) is 6.92 Å². The molecule has 146 valence electrons. The highest BCUT2D eigenvalue weighted by molar-refractivity contribution is 6.09. The van der Waals surface area contributed by atoms with E-state index in [1.165, 1.54) is 6.08 Å². The highest BCUT2D eigenvalue weighted by Gasteiger charge is 2.11. The van der Waals surface area contributed by atoms with Crippen molar-refractivity contribution < 1.29 is 19.1 Å². The molecule has 0 amide bonds. The molecule has 0 unspecified atom stereocenters. The lowest BCUT2D eigenvalue weighted by atomic mass is 10.0. The van der Waals surface area contributed by atoms with E-state index in [-0.39, 0.29) is 5.78 Å². The number of hydrogen-bond acceptors (Lipinski definition) is 4. The van der Waals surface area contributed by atoms with Crippen LogP contribution in [0.4, 0.5) is 0 Å². The topological polar surface area (TPSA) is 52.6 Å². The molecule has 0 aliphatic rings. The predicted molar refractivity (Wildman–Crippen MR) is 113 cm³/mol. The summed E-state index contributed by atoms with van der Waals surface area (Å²) in [6, 6.07) is 21.5. The highest BCUT2D eigenvalue weighted by Crippen LogP contribution is 2.21. The van der Waals surface area contributed by atoms with Crippen LogP contribution in [-0.4, -0.2) is 18.4 Å². The average Bonchev–Trinajstić information content (AvgIpc) is 2.75. The number of aryl methyl sites for hydroxylation is 1. The third-order valence-electron chi connectivity index (χ3n) is 4.29. The molecule has 0 aromatic heterocycles. The maximum Gasteiger partial charge on any atom is 0.336 e. The summed E-state index contributed by atoms with van der Waals surface area (Å²) in [7, 11) is 0. The van der Waals surface area contributed by atoms with Gasteiger partial charge in [-0.25, -0.2) is 4.79 Å². The van der Waals surface area contributed by atoms with Gasteiger partial charge in [0.15, 0.2) is 5.78 Å². The number of carbonyl (C=O) groups is 2.